The van der Waals surface area contributed by atoms with E-state index in [9.17, 15) is 0 Å². The first-order valence-electron chi connectivity index (χ1n) is 7.23. The summed E-state index contributed by atoms with van der Waals surface area (Å²) in [5.41, 5.74) is 3.05. The van der Waals surface area contributed by atoms with Gasteiger partial charge in [-0.1, -0.05) is 27.2 Å². The molecule has 2 nitrogen and oxygen atoms in total. The number of aromatic nitrogens is 1. The van der Waals surface area contributed by atoms with Crippen LogP contribution in [0.2, 0.25) is 0 Å². The van der Waals surface area contributed by atoms with Crippen LogP contribution in [-0.2, 0) is 6.42 Å². The van der Waals surface area contributed by atoms with Crippen molar-refractivity contribution in [1.82, 2.24) is 9.88 Å². The van der Waals surface area contributed by atoms with Gasteiger partial charge < -0.3 is 4.98 Å². The number of nitrogens with one attached hydrogen (secondary N) is 1. The molecule has 2 heterocycles. The molecule has 2 unspecified atom stereocenters. The molecule has 1 aliphatic heterocycles. The van der Waals surface area contributed by atoms with Gasteiger partial charge in [0.2, 0.25) is 0 Å². The van der Waals surface area contributed by atoms with Crippen LogP contribution >= 0.6 is 0 Å². The molecule has 1 aromatic rings. The Labute approximate surface area is 105 Å². The van der Waals surface area contributed by atoms with E-state index in [0.29, 0.717) is 6.04 Å². The van der Waals surface area contributed by atoms with Crippen molar-refractivity contribution in [2.75, 3.05) is 6.54 Å². The second kappa shape index (κ2) is 5.72. The Morgan fingerprint density at radius 1 is 1.29 bits per heavy atom. The number of hydrogen-bond donors (Lipinski definition) is 1. The number of rotatable bonds is 5. The van der Waals surface area contributed by atoms with E-state index >= 15 is 0 Å². The molecular weight excluding hydrogens is 208 g/mol. The van der Waals surface area contributed by atoms with Gasteiger partial charge in [-0.2, -0.15) is 0 Å². The minimum atomic E-state index is 0.653. The second-order valence-electron chi connectivity index (χ2n) is 5.22. The lowest BCUT2D eigenvalue weighted by molar-refractivity contribution is 0.106. The summed E-state index contributed by atoms with van der Waals surface area (Å²) in [7, 11) is 0. The van der Waals surface area contributed by atoms with Crippen LogP contribution in [0.4, 0.5) is 0 Å². The van der Waals surface area contributed by atoms with Gasteiger partial charge in [0.25, 0.3) is 0 Å². The van der Waals surface area contributed by atoms with Crippen LogP contribution in [0, 0.1) is 0 Å². The molecule has 1 N–H and O–H groups in total. The quantitative estimate of drug-likeness (QED) is 0.818. The van der Waals surface area contributed by atoms with Crippen LogP contribution in [0.25, 0.3) is 0 Å². The van der Waals surface area contributed by atoms with E-state index in [-0.39, 0.29) is 0 Å². The number of H-pyrrole nitrogens is 1. The first kappa shape index (κ1) is 12.7. The van der Waals surface area contributed by atoms with Crippen LogP contribution in [-0.4, -0.2) is 22.5 Å². The monoisotopic (exact) mass is 234 g/mol. The summed E-state index contributed by atoms with van der Waals surface area (Å²) in [5.74, 6) is 0. The third-order valence-electron chi connectivity index (χ3n) is 4.05. The van der Waals surface area contributed by atoms with Gasteiger partial charge in [-0.25, -0.2) is 0 Å². The summed E-state index contributed by atoms with van der Waals surface area (Å²) >= 11 is 0. The molecule has 0 bridgehead atoms. The van der Waals surface area contributed by atoms with Crippen molar-refractivity contribution in [3.63, 3.8) is 0 Å². The first-order chi connectivity index (χ1) is 8.31. The third-order valence-corrected chi connectivity index (χ3v) is 4.05. The standard InChI is InChI=1S/C15H26N2/c1-4-7-15-13-8-9-16-14(13)11-12(6-3)17(15)10-5-2/h8-9,12,15-16H,4-7,10-11H2,1-3H3. The maximum atomic E-state index is 3.45. The summed E-state index contributed by atoms with van der Waals surface area (Å²) in [5, 5.41) is 0. The molecule has 0 saturated carbocycles. The Balaban J connectivity index is 2.27. The van der Waals surface area contributed by atoms with Crippen molar-refractivity contribution < 1.29 is 0 Å². The Kier molecular flexibility index (Phi) is 4.27. The normalized spacial score (nSPS) is 24.9. The van der Waals surface area contributed by atoms with E-state index in [4.69, 9.17) is 0 Å². The predicted molar refractivity (Wildman–Crippen MR) is 73.2 cm³/mol. The van der Waals surface area contributed by atoms with Crippen molar-refractivity contribution in [1.29, 1.82) is 0 Å². The van der Waals surface area contributed by atoms with Gasteiger partial charge in [0, 0.05) is 30.4 Å². The minimum absolute atomic E-state index is 0.653. The van der Waals surface area contributed by atoms with Gasteiger partial charge in [0.1, 0.15) is 0 Å². The van der Waals surface area contributed by atoms with E-state index in [1.54, 1.807) is 5.56 Å². The fourth-order valence-electron chi connectivity index (χ4n) is 3.26. The summed E-state index contributed by atoms with van der Waals surface area (Å²) < 4.78 is 0. The highest BCUT2D eigenvalue weighted by Crippen LogP contribution is 2.36. The number of nitrogens with zero attached hydrogens (tertiary/aromatic N) is 1. The molecule has 0 aromatic carbocycles. The molecule has 0 amide bonds. The van der Waals surface area contributed by atoms with Crippen LogP contribution in [0.3, 0.4) is 0 Å². The molecule has 2 rings (SSSR count). The molecule has 1 aromatic heterocycles. The van der Waals surface area contributed by atoms with Gasteiger partial charge in [-0.3, -0.25) is 4.90 Å². The lowest BCUT2D eigenvalue weighted by Gasteiger charge is -2.42. The van der Waals surface area contributed by atoms with E-state index in [1.807, 2.05) is 0 Å². The fourth-order valence-corrected chi connectivity index (χ4v) is 3.26. The molecule has 0 saturated heterocycles. The highest BCUT2D eigenvalue weighted by molar-refractivity contribution is 5.28. The van der Waals surface area contributed by atoms with Crippen molar-refractivity contribution in [3.05, 3.63) is 23.5 Å². The van der Waals surface area contributed by atoms with Crippen LogP contribution < -0.4 is 0 Å². The van der Waals surface area contributed by atoms with Crippen LogP contribution in [0.5, 0.6) is 0 Å². The fraction of sp³-hybridized carbons (Fsp3) is 0.733. The highest BCUT2D eigenvalue weighted by atomic mass is 15.2. The van der Waals surface area contributed by atoms with Gasteiger partial charge in [0.05, 0.1) is 0 Å². The summed E-state index contributed by atoms with van der Waals surface area (Å²) in [6.07, 6.45) is 8.41. The Bertz CT molecular complexity index is 342. The topological polar surface area (TPSA) is 19.0 Å². The second-order valence-corrected chi connectivity index (χ2v) is 5.22. The Hall–Kier alpha value is -0.760. The first-order valence-corrected chi connectivity index (χ1v) is 7.23. The average Bonchev–Trinajstić information content (AvgIpc) is 2.79. The molecule has 0 fully saturated rings. The van der Waals surface area contributed by atoms with Crippen molar-refractivity contribution in [2.24, 2.45) is 0 Å². The molecule has 1 aliphatic rings. The Morgan fingerprint density at radius 2 is 2.12 bits per heavy atom. The Morgan fingerprint density at radius 3 is 2.76 bits per heavy atom. The van der Waals surface area contributed by atoms with Crippen molar-refractivity contribution in [3.8, 4) is 0 Å². The van der Waals surface area contributed by atoms with Gasteiger partial charge in [0.15, 0.2) is 0 Å². The van der Waals surface area contributed by atoms with E-state index in [2.05, 4.69) is 42.9 Å². The van der Waals surface area contributed by atoms with E-state index in [0.717, 1.165) is 6.04 Å². The SMILES string of the molecule is CCCC1c2cc[nH]c2CC(CC)N1CCC. The molecule has 0 radical (unpaired) electrons. The van der Waals surface area contributed by atoms with E-state index in [1.165, 1.54) is 44.3 Å². The van der Waals surface area contributed by atoms with Crippen molar-refractivity contribution in [2.45, 2.75) is 65.0 Å². The van der Waals surface area contributed by atoms with Crippen LogP contribution in [0.15, 0.2) is 12.3 Å². The molecule has 0 spiro atoms. The summed E-state index contributed by atoms with van der Waals surface area (Å²) in [6, 6.07) is 3.68. The summed E-state index contributed by atoms with van der Waals surface area (Å²) in [6.45, 7) is 8.16. The molecule has 2 heteroatoms. The molecule has 17 heavy (non-hydrogen) atoms. The molecule has 96 valence electrons. The molecule has 2 atom stereocenters. The van der Waals surface area contributed by atoms with Crippen molar-refractivity contribution >= 4 is 0 Å². The summed E-state index contributed by atoms with van der Waals surface area (Å²) in [4.78, 5) is 6.20. The minimum Gasteiger partial charge on any atom is -0.365 e. The maximum Gasteiger partial charge on any atom is 0.0368 e. The lowest BCUT2D eigenvalue weighted by Crippen LogP contribution is -2.43. The lowest BCUT2D eigenvalue weighted by atomic mass is 9.89. The van der Waals surface area contributed by atoms with Crippen LogP contribution in [0.1, 0.15) is 63.8 Å². The maximum absolute atomic E-state index is 3.45. The highest BCUT2D eigenvalue weighted by Gasteiger charge is 2.32. The smallest absolute Gasteiger partial charge is 0.0368 e. The van der Waals surface area contributed by atoms with E-state index < -0.39 is 0 Å². The number of fused-ring (bicyclic) bond motifs is 1. The average molecular weight is 234 g/mol. The van der Waals surface area contributed by atoms with Gasteiger partial charge >= 0.3 is 0 Å². The third kappa shape index (κ3) is 2.42. The zero-order valence-corrected chi connectivity index (χ0v) is 11.5. The zero-order chi connectivity index (χ0) is 12.3. The zero-order valence-electron chi connectivity index (χ0n) is 11.5. The molecule has 0 aliphatic carbocycles. The molecular formula is C15H26N2. The number of aromatic amines is 1. The van der Waals surface area contributed by atoms with Gasteiger partial charge in [-0.15, -0.1) is 0 Å². The largest absolute Gasteiger partial charge is 0.365 e. The van der Waals surface area contributed by atoms with Gasteiger partial charge in [-0.05, 0) is 37.4 Å². The predicted octanol–water partition coefficient (Wildman–Crippen LogP) is 3.90. The number of hydrogen-bond acceptors (Lipinski definition) is 1.